The van der Waals surface area contributed by atoms with Gasteiger partial charge in [0.2, 0.25) is 0 Å². The summed E-state index contributed by atoms with van der Waals surface area (Å²) in [5.74, 6) is 0.250. The second-order valence-electron chi connectivity index (χ2n) is 9.17. The van der Waals surface area contributed by atoms with Gasteiger partial charge in [0.15, 0.2) is 0 Å². The predicted octanol–water partition coefficient (Wildman–Crippen LogP) is 4.76. The fraction of sp³-hybridized carbons (Fsp3) is 0.286. The van der Waals surface area contributed by atoms with Crippen molar-refractivity contribution in [1.29, 1.82) is 0 Å². The van der Waals surface area contributed by atoms with Crippen LogP contribution >= 0.6 is 0 Å². The maximum Gasteiger partial charge on any atom is 0.264 e. The number of nitrogens with one attached hydrogen (secondary N) is 1. The lowest BCUT2D eigenvalue weighted by Gasteiger charge is -2.26. The normalized spacial score (nSPS) is 12.1. The number of para-hydroxylation sites is 2. The summed E-state index contributed by atoms with van der Waals surface area (Å²) in [7, 11) is -1.18. The van der Waals surface area contributed by atoms with Gasteiger partial charge in [-0.05, 0) is 60.7 Å². The highest BCUT2D eigenvalue weighted by atomic mass is 32.2. The monoisotopic (exact) mass is 523 g/mol. The summed E-state index contributed by atoms with van der Waals surface area (Å²) < 4.78 is 38.8. The van der Waals surface area contributed by atoms with Crippen LogP contribution in [-0.2, 0) is 20.2 Å². The molecule has 0 aliphatic rings. The molecule has 0 spiro atoms. The molecule has 0 aromatic heterocycles. The zero-order chi connectivity index (χ0) is 27.1. The molecule has 0 atom stereocenters. The van der Waals surface area contributed by atoms with Crippen LogP contribution in [-0.4, -0.2) is 40.8 Å². The molecule has 0 fully saturated rings. The largest absolute Gasteiger partial charge is 0.497 e. The van der Waals surface area contributed by atoms with Crippen molar-refractivity contribution in [3.8, 4) is 11.5 Å². The lowest BCUT2D eigenvalue weighted by Crippen LogP contribution is -2.40. The number of hydrazone groups is 1. The Kier molecular flexibility index (Phi) is 8.94. The van der Waals surface area contributed by atoms with E-state index < -0.39 is 22.5 Å². The van der Waals surface area contributed by atoms with Gasteiger partial charge in [-0.2, -0.15) is 5.10 Å². The van der Waals surface area contributed by atoms with Gasteiger partial charge in [-0.1, -0.05) is 56.3 Å². The van der Waals surface area contributed by atoms with Crippen molar-refractivity contribution >= 4 is 27.3 Å². The first-order chi connectivity index (χ1) is 17.6. The predicted molar refractivity (Wildman–Crippen MR) is 146 cm³/mol. The number of benzene rings is 3. The third-order valence-corrected chi connectivity index (χ3v) is 7.69. The van der Waals surface area contributed by atoms with Crippen molar-refractivity contribution in [3.63, 3.8) is 0 Å². The van der Waals surface area contributed by atoms with Crippen molar-refractivity contribution in [1.82, 2.24) is 5.43 Å². The third-order valence-electron chi connectivity index (χ3n) is 5.91. The number of ether oxygens (including phenoxy) is 2. The molecule has 3 rings (SSSR count). The van der Waals surface area contributed by atoms with E-state index in [0.717, 1.165) is 9.87 Å². The van der Waals surface area contributed by atoms with Gasteiger partial charge >= 0.3 is 0 Å². The van der Waals surface area contributed by atoms with E-state index in [1.807, 2.05) is 25.1 Å². The Labute approximate surface area is 219 Å². The van der Waals surface area contributed by atoms with Crippen molar-refractivity contribution in [2.45, 2.75) is 37.5 Å². The van der Waals surface area contributed by atoms with E-state index in [0.29, 0.717) is 23.6 Å². The van der Waals surface area contributed by atoms with Crippen LogP contribution in [0.1, 0.15) is 32.8 Å². The molecule has 37 heavy (non-hydrogen) atoms. The van der Waals surface area contributed by atoms with Crippen molar-refractivity contribution in [2.24, 2.45) is 5.10 Å². The molecule has 1 N–H and O–H groups in total. The summed E-state index contributed by atoms with van der Waals surface area (Å²) >= 11 is 0. The third kappa shape index (κ3) is 6.89. The Morgan fingerprint density at radius 2 is 1.54 bits per heavy atom. The van der Waals surface area contributed by atoms with E-state index >= 15 is 0 Å². The lowest BCUT2D eigenvalue weighted by molar-refractivity contribution is -0.119. The maximum absolute atomic E-state index is 13.6. The summed E-state index contributed by atoms with van der Waals surface area (Å²) in [6, 6.07) is 22.7. The molecule has 1 amide bonds. The van der Waals surface area contributed by atoms with E-state index in [4.69, 9.17) is 9.47 Å². The second kappa shape index (κ2) is 11.9. The van der Waals surface area contributed by atoms with Gasteiger partial charge in [0.25, 0.3) is 15.9 Å². The average Bonchev–Trinajstić information content (AvgIpc) is 2.90. The molecular formula is C28H33N3O5S. The number of sulfonamides is 1. The van der Waals surface area contributed by atoms with Gasteiger partial charge in [-0.15, -0.1) is 0 Å². The smallest absolute Gasteiger partial charge is 0.264 e. The fourth-order valence-corrected chi connectivity index (χ4v) is 5.44. The van der Waals surface area contributed by atoms with Crippen LogP contribution in [0.3, 0.4) is 0 Å². The summed E-state index contributed by atoms with van der Waals surface area (Å²) in [6.07, 6.45) is 0.609. The van der Waals surface area contributed by atoms with Crippen LogP contribution in [0.2, 0.25) is 0 Å². The van der Waals surface area contributed by atoms with Crippen LogP contribution in [0.5, 0.6) is 11.5 Å². The number of methoxy groups -OCH3 is 2. The van der Waals surface area contributed by atoms with E-state index in [2.05, 4.69) is 36.5 Å². The molecule has 8 nitrogen and oxygen atoms in total. The van der Waals surface area contributed by atoms with Crippen LogP contribution in [0.25, 0.3) is 0 Å². The number of hydrogen-bond donors (Lipinski definition) is 1. The highest BCUT2D eigenvalue weighted by molar-refractivity contribution is 7.92. The number of hydrogen-bond acceptors (Lipinski definition) is 6. The Bertz CT molecular complexity index is 1340. The molecule has 3 aromatic rings. The van der Waals surface area contributed by atoms with Gasteiger partial charge in [0.05, 0.1) is 24.8 Å². The molecule has 0 aliphatic carbocycles. The molecule has 0 saturated carbocycles. The van der Waals surface area contributed by atoms with Gasteiger partial charge in [-0.25, -0.2) is 13.8 Å². The topological polar surface area (TPSA) is 97.3 Å². The lowest BCUT2D eigenvalue weighted by atomic mass is 9.80. The van der Waals surface area contributed by atoms with E-state index in [1.54, 1.807) is 36.4 Å². The Hall–Kier alpha value is -3.85. The van der Waals surface area contributed by atoms with Gasteiger partial charge in [0.1, 0.15) is 18.0 Å². The molecule has 3 aromatic carbocycles. The Balaban J connectivity index is 1.84. The zero-order valence-electron chi connectivity index (χ0n) is 21.8. The second-order valence-corrected chi connectivity index (χ2v) is 11.0. The number of rotatable bonds is 11. The van der Waals surface area contributed by atoms with E-state index in [1.165, 1.54) is 26.4 Å². The molecule has 0 saturated heterocycles. The average molecular weight is 524 g/mol. The van der Waals surface area contributed by atoms with Crippen LogP contribution in [0, 0.1) is 0 Å². The summed E-state index contributed by atoms with van der Waals surface area (Å²) in [4.78, 5) is 13.0. The molecule has 0 aliphatic heterocycles. The minimum atomic E-state index is -4.12. The van der Waals surface area contributed by atoms with E-state index in [-0.39, 0.29) is 16.0 Å². The quantitative estimate of drug-likeness (QED) is 0.289. The molecule has 0 unspecified atom stereocenters. The number of carbonyl (C=O) groups excluding carboxylic acids is 1. The summed E-state index contributed by atoms with van der Waals surface area (Å²) in [5.41, 5.74) is 4.43. The first kappa shape index (κ1) is 27.7. The maximum atomic E-state index is 13.6. The molecule has 9 heteroatoms. The zero-order valence-corrected chi connectivity index (χ0v) is 22.6. The molecule has 0 heterocycles. The van der Waals surface area contributed by atoms with Crippen molar-refractivity contribution in [2.75, 3.05) is 25.1 Å². The van der Waals surface area contributed by atoms with E-state index in [9.17, 15) is 13.2 Å². The number of carbonyl (C=O) groups is 1. The van der Waals surface area contributed by atoms with Crippen molar-refractivity contribution in [3.05, 3.63) is 84.4 Å². The number of nitrogens with zero attached hydrogens (tertiary/aromatic N) is 2. The molecule has 196 valence electrons. The van der Waals surface area contributed by atoms with Crippen LogP contribution in [0.15, 0.2) is 88.9 Å². The van der Waals surface area contributed by atoms with Crippen LogP contribution in [0.4, 0.5) is 5.69 Å². The minimum Gasteiger partial charge on any atom is -0.497 e. The standard InChI is InChI=1S/C28H33N3O5S/c1-21(19-28(2,3)22-11-7-6-8-12-22)29-30-27(32)20-31(25-13-9-10-14-26(25)36-5)37(33,34)24-17-15-23(35-4)16-18-24/h6-18H,19-20H2,1-5H3,(H,30,32)/b29-21-. The van der Waals surface area contributed by atoms with Gasteiger partial charge in [-0.3, -0.25) is 9.10 Å². The summed E-state index contributed by atoms with van der Waals surface area (Å²) in [6.45, 7) is 5.55. The van der Waals surface area contributed by atoms with Crippen molar-refractivity contribution < 1.29 is 22.7 Å². The van der Waals surface area contributed by atoms with Crippen LogP contribution < -0.4 is 19.2 Å². The fourth-order valence-electron chi connectivity index (χ4n) is 4.00. The SMILES string of the molecule is COc1ccc(S(=O)(=O)N(CC(=O)N/N=C(/C)CC(C)(C)c2ccccc2)c2ccccc2OC)cc1. The first-order valence-electron chi connectivity index (χ1n) is 11.8. The van der Waals surface area contributed by atoms with Gasteiger partial charge in [0, 0.05) is 5.71 Å². The highest BCUT2D eigenvalue weighted by Gasteiger charge is 2.29. The number of amides is 1. The highest BCUT2D eigenvalue weighted by Crippen LogP contribution is 2.32. The number of anilines is 1. The molecule has 0 radical (unpaired) electrons. The Morgan fingerprint density at radius 3 is 2.16 bits per heavy atom. The Morgan fingerprint density at radius 1 is 0.919 bits per heavy atom. The molecule has 0 bridgehead atoms. The minimum absolute atomic E-state index is 0.0105. The van der Waals surface area contributed by atoms with Gasteiger partial charge < -0.3 is 9.47 Å². The summed E-state index contributed by atoms with van der Waals surface area (Å²) in [5, 5.41) is 4.25. The molecular weight excluding hydrogens is 490 g/mol. The first-order valence-corrected chi connectivity index (χ1v) is 13.2.